The molecule has 22 valence electrons. The molecular weight excluding hydrogens is 70.1 g/mol. The van der Waals surface area contributed by atoms with Crippen LogP contribution in [0.5, 0.6) is 0 Å². The highest BCUT2D eigenvalue weighted by Gasteiger charge is 1.24. The number of isothiocyanates is 1. The molecule has 0 radical (unpaired) electrons. The van der Waals surface area contributed by atoms with E-state index in [-0.39, 0.29) is 0 Å². The van der Waals surface area contributed by atoms with Crippen molar-refractivity contribution in [2.45, 2.75) is 0 Å². The summed E-state index contributed by atoms with van der Waals surface area (Å²) in [4.78, 5) is 2.82. The van der Waals surface area contributed by atoms with E-state index >= 15 is 0 Å². The van der Waals surface area contributed by atoms with Gasteiger partial charge in [0.2, 0.25) is 0 Å². The van der Waals surface area contributed by atoms with Gasteiger partial charge in [0.1, 0.15) is 0 Å². The second kappa shape index (κ2) is 2.80. The Morgan fingerprint density at radius 2 is 3.25 bits per heavy atom. The highest BCUT2D eigenvalue weighted by atomic mass is 32.1. The molecule has 0 spiro atoms. The van der Waals surface area contributed by atoms with Gasteiger partial charge in [-0.2, -0.15) is 0 Å². The van der Waals surface area contributed by atoms with Gasteiger partial charge in [-0.1, -0.05) is 0 Å². The maximum absolute atomic E-state index is 6.37. The van der Waals surface area contributed by atoms with Crippen LogP contribution in [0.3, 0.4) is 0 Å². The molecule has 0 rings (SSSR count). The summed E-state index contributed by atoms with van der Waals surface area (Å²) in [6, 6.07) is 0. The first-order valence-corrected chi connectivity index (χ1v) is 1.06. The smallest absolute Gasteiger partial charge is 0.0582 e. The van der Waals surface area contributed by atoms with Gasteiger partial charge in [0, 0.05) is 11.1 Å². The zero-order chi connectivity index (χ0) is 5.91. The molecule has 0 heterocycles. The topological polar surface area (TPSA) is 12.4 Å². The number of rotatable bonds is 0. The first-order valence-electron chi connectivity index (χ1n) is 2.15. The molecule has 0 unspecified atom stereocenters. The summed E-state index contributed by atoms with van der Waals surface area (Å²) in [5.74, 6) is 0. The van der Waals surface area contributed by atoms with Crippen LogP contribution in [0.15, 0.2) is 4.99 Å². The van der Waals surface area contributed by atoms with Crippen molar-refractivity contribution in [3.05, 3.63) is 0 Å². The van der Waals surface area contributed by atoms with Crippen LogP contribution in [0.1, 0.15) is 4.11 Å². The van der Waals surface area contributed by atoms with Gasteiger partial charge >= 0.3 is 0 Å². The van der Waals surface area contributed by atoms with Crippen LogP contribution in [0.25, 0.3) is 0 Å². The molecule has 0 saturated carbocycles. The molecule has 0 aliphatic carbocycles. The van der Waals surface area contributed by atoms with Gasteiger partial charge in [-0.25, -0.2) is 4.99 Å². The van der Waals surface area contributed by atoms with Crippen molar-refractivity contribution in [2.75, 3.05) is 6.98 Å². The number of nitrogens with zero attached hydrogens (tertiary/aromatic N) is 1. The summed E-state index contributed by atoms with van der Waals surface area (Å²) in [6.07, 6.45) is 0. The summed E-state index contributed by atoms with van der Waals surface area (Å²) in [5, 5.41) is 1.75. The van der Waals surface area contributed by atoms with E-state index in [4.69, 9.17) is 4.11 Å². The fourth-order valence-corrected chi connectivity index (χ4v) is 0. The lowest BCUT2D eigenvalue weighted by molar-refractivity contribution is 1.49. The third kappa shape index (κ3) is 1.80. The number of thiocarbonyl (C=S) groups is 1. The fourth-order valence-electron chi connectivity index (χ4n) is 0. The Hall–Kier alpha value is -0.200. The highest BCUT2D eigenvalue weighted by Crippen LogP contribution is 1.36. The Morgan fingerprint density at radius 1 is 2.50 bits per heavy atom. The molecule has 0 aromatic heterocycles. The lowest BCUT2D eigenvalue weighted by Gasteiger charge is -1.39. The lowest BCUT2D eigenvalue weighted by atomic mass is 11.4. The zero-order valence-electron chi connectivity index (χ0n) is 4.86. The second-order valence-electron chi connectivity index (χ2n) is 0.203. The Bertz CT molecular complexity index is 100.0. The monoisotopic (exact) mass is 76.0 g/mol. The van der Waals surface area contributed by atoms with Gasteiger partial charge < -0.3 is 0 Å². The average molecular weight is 76.1 g/mol. The van der Waals surface area contributed by atoms with E-state index < -0.39 is 6.98 Å². The van der Waals surface area contributed by atoms with Crippen LogP contribution in [0.2, 0.25) is 0 Å². The molecule has 0 atom stereocenters. The minimum absolute atomic E-state index is 1.75. The lowest BCUT2D eigenvalue weighted by Crippen LogP contribution is -1.33. The van der Waals surface area contributed by atoms with Gasteiger partial charge in [0.25, 0.3) is 0 Å². The van der Waals surface area contributed by atoms with Crippen molar-refractivity contribution in [2.24, 2.45) is 4.99 Å². The highest BCUT2D eigenvalue weighted by molar-refractivity contribution is 7.78. The molecule has 0 N–H and O–H groups in total. The standard InChI is InChI=1S/C2H3NS/c1-3-2-4/h1H3/i1D3. The van der Waals surface area contributed by atoms with E-state index in [9.17, 15) is 0 Å². The molecule has 0 saturated heterocycles. The van der Waals surface area contributed by atoms with Crippen molar-refractivity contribution < 1.29 is 4.11 Å². The Morgan fingerprint density at radius 3 is 3.25 bits per heavy atom. The van der Waals surface area contributed by atoms with Gasteiger partial charge in [0.05, 0.1) is 5.16 Å². The van der Waals surface area contributed by atoms with Gasteiger partial charge in [-0.15, -0.1) is 0 Å². The number of hydrogen-bond acceptors (Lipinski definition) is 2. The largest absolute Gasteiger partial charge is 0.236 e. The summed E-state index contributed by atoms with van der Waals surface area (Å²) >= 11 is 4.02. The number of aliphatic imine (C=N–C) groups is 1. The predicted molar refractivity (Wildman–Crippen MR) is 20.9 cm³/mol. The molecule has 4 heavy (non-hydrogen) atoms. The van der Waals surface area contributed by atoms with E-state index in [2.05, 4.69) is 17.2 Å². The molecule has 1 nitrogen and oxygen atoms in total. The third-order valence-electron chi connectivity index (χ3n) is 0.0456. The van der Waals surface area contributed by atoms with E-state index in [0.29, 0.717) is 0 Å². The maximum atomic E-state index is 6.37. The molecule has 2 heteroatoms. The first kappa shape index (κ1) is 0.886. The van der Waals surface area contributed by atoms with Crippen LogP contribution in [-0.4, -0.2) is 12.1 Å². The molecule has 0 aliphatic heterocycles. The quantitative estimate of drug-likeness (QED) is 0.306. The minimum atomic E-state index is -2.29. The normalized spacial score (nSPS) is 18.5. The fraction of sp³-hybridized carbons (Fsp3) is 0.500. The first-order chi connectivity index (χ1) is 3.06. The molecule has 0 aliphatic rings. The predicted octanol–water partition coefficient (Wildman–Crippen LogP) is 0.719. The minimum Gasteiger partial charge on any atom is -0.236 e. The van der Waals surface area contributed by atoms with E-state index in [0.717, 1.165) is 0 Å². The molecular formula is C2H3NS. The molecule has 0 aromatic rings. The van der Waals surface area contributed by atoms with Gasteiger partial charge in [-0.05, 0) is 12.2 Å². The van der Waals surface area contributed by atoms with E-state index in [1.54, 1.807) is 5.16 Å². The molecule has 0 amide bonds. The van der Waals surface area contributed by atoms with E-state index in [1.807, 2.05) is 0 Å². The summed E-state index contributed by atoms with van der Waals surface area (Å²) in [6.45, 7) is -2.29. The van der Waals surface area contributed by atoms with Crippen molar-refractivity contribution >= 4 is 17.4 Å². The van der Waals surface area contributed by atoms with Crippen molar-refractivity contribution in [3.8, 4) is 0 Å². The summed E-state index contributed by atoms with van der Waals surface area (Å²) in [7, 11) is 0. The van der Waals surface area contributed by atoms with E-state index in [1.165, 1.54) is 0 Å². The third-order valence-corrected chi connectivity index (χ3v) is 0.137. The SMILES string of the molecule is [2H]C([2H])([2H])N=C=S. The molecule has 0 fully saturated rings. The Labute approximate surface area is 34.6 Å². The maximum Gasteiger partial charge on any atom is 0.0582 e. The summed E-state index contributed by atoms with van der Waals surface area (Å²) in [5.41, 5.74) is 0. The van der Waals surface area contributed by atoms with Crippen LogP contribution >= 0.6 is 12.2 Å². The van der Waals surface area contributed by atoms with Gasteiger partial charge in [0.15, 0.2) is 0 Å². The molecule has 0 bridgehead atoms. The van der Waals surface area contributed by atoms with Crippen molar-refractivity contribution in [3.63, 3.8) is 0 Å². The number of hydrogen-bond donors (Lipinski definition) is 0. The van der Waals surface area contributed by atoms with Crippen molar-refractivity contribution in [1.29, 1.82) is 0 Å². The zero-order valence-corrected chi connectivity index (χ0v) is 2.67. The Kier molecular flexibility index (Phi) is 0.620. The summed E-state index contributed by atoms with van der Waals surface area (Å²) < 4.78 is 19.1. The van der Waals surface area contributed by atoms with Crippen LogP contribution in [0.4, 0.5) is 0 Å². The van der Waals surface area contributed by atoms with Crippen LogP contribution < -0.4 is 0 Å². The second-order valence-corrected chi connectivity index (χ2v) is 0.386. The van der Waals surface area contributed by atoms with Gasteiger partial charge in [-0.3, -0.25) is 0 Å². The van der Waals surface area contributed by atoms with Crippen LogP contribution in [-0.2, 0) is 0 Å². The Balaban J connectivity index is 3.80. The van der Waals surface area contributed by atoms with Crippen LogP contribution in [0, 0.1) is 0 Å². The average Bonchev–Trinajstić information content (AvgIpc) is 1.30. The van der Waals surface area contributed by atoms with Crippen molar-refractivity contribution in [1.82, 2.24) is 0 Å². The molecule has 0 aromatic carbocycles.